The predicted octanol–water partition coefficient (Wildman–Crippen LogP) is 5.73. The molecule has 35 heavy (non-hydrogen) atoms. The first-order chi connectivity index (χ1) is 16.8. The maximum absolute atomic E-state index is 12.7. The number of hydrogen-bond acceptors (Lipinski definition) is 6. The highest BCUT2D eigenvalue weighted by molar-refractivity contribution is 9.10. The number of carbonyl (C=O) groups excluding carboxylic acids is 1. The molecule has 0 fully saturated rings. The van der Waals surface area contributed by atoms with Gasteiger partial charge in [0.15, 0.2) is 11.5 Å². The van der Waals surface area contributed by atoms with Gasteiger partial charge in [0.05, 0.1) is 18.1 Å². The largest absolute Gasteiger partial charge is 0.493 e. The van der Waals surface area contributed by atoms with Gasteiger partial charge in [-0.15, -0.1) is 0 Å². The summed E-state index contributed by atoms with van der Waals surface area (Å²) in [5.41, 5.74) is 2.17. The Balaban J connectivity index is 1.77. The molecule has 0 saturated heterocycles. The van der Waals surface area contributed by atoms with E-state index in [0.717, 1.165) is 11.1 Å². The van der Waals surface area contributed by atoms with E-state index in [4.69, 9.17) is 9.47 Å². The highest BCUT2D eigenvalue weighted by Gasteiger charge is 2.16. The molecule has 1 atom stereocenters. The number of nitrogens with one attached hydrogen (secondary N) is 1. The topological polar surface area (TPSA) is 114 Å². The zero-order valence-electron chi connectivity index (χ0n) is 19.0. The number of nitro benzene ring substituents is 1. The van der Waals surface area contributed by atoms with E-state index < -0.39 is 10.8 Å². The summed E-state index contributed by atoms with van der Waals surface area (Å²) in [5.74, 6) is 0.334. The van der Waals surface area contributed by atoms with Crippen molar-refractivity contribution in [3.63, 3.8) is 0 Å². The molecule has 1 N–H and O–H groups in total. The number of halogens is 1. The van der Waals surface area contributed by atoms with Gasteiger partial charge >= 0.3 is 0 Å². The van der Waals surface area contributed by atoms with Crippen molar-refractivity contribution in [2.75, 3.05) is 7.11 Å². The normalized spacial score (nSPS) is 11.8. The van der Waals surface area contributed by atoms with E-state index in [9.17, 15) is 20.2 Å². The summed E-state index contributed by atoms with van der Waals surface area (Å²) in [5, 5.41) is 23.2. The summed E-state index contributed by atoms with van der Waals surface area (Å²) < 4.78 is 11.9. The van der Waals surface area contributed by atoms with Gasteiger partial charge in [0.2, 0.25) is 0 Å². The van der Waals surface area contributed by atoms with Crippen LogP contribution in [0.4, 0.5) is 5.69 Å². The first-order valence-electron chi connectivity index (χ1n) is 10.5. The predicted molar refractivity (Wildman–Crippen MR) is 135 cm³/mol. The molecule has 9 heteroatoms. The molecule has 0 bridgehead atoms. The number of amides is 1. The molecule has 0 unspecified atom stereocenters. The van der Waals surface area contributed by atoms with Crippen LogP contribution in [0.15, 0.2) is 76.8 Å². The quantitative estimate of drug-likeness (QED) is 0.162. The summed E-state index contributed by atoms with van der Waals surface area (Å²) >= 11 is 3.46. The van der Waals surface area contributed by atoms with Crippen LogP contribution in [0.3, 0.4) is 0 Å². The Morgan fingerprint density at radius 3 is 2.46 bits per heavy atom. The minimum atomic E-state index is -0.492. The van der Waals surface area contributed by atoms with Crippen molar-refractivity contribution < 1.29 is 19.2 Å². The van der Waals surface area contributed by atoms with Gasteiger partial charge in [-0.2, -0.15) is 5.26 Å². The Bertz CT molecular complexity index is 1280. The third kappa shape index (κ3) is 6.68. The second-order valence-corrected chi connectivity index (χ2v) is 8.37. The Morgan fingerprint density at radius 1 is 1.17 bits per heavy atom. The molecule has 0 aliphatic rings. The highest BCUT2D eigenvalue weighted by atomic mass is 79.9. The van der Waals surface area contributed by atoms with Gasteiger partial charge in [-0.3, -0.25) is 14.9 Å². The summed E-state index contributed by atoms with van der Waals surface area (Å²) in [6.07, 6.45) is 1.47. The fourth-order valence-corrected chi connectivity index (χ4v) is 3.65. The Labute approximate surface area is 211 Å². The number of ether oxygens (including phenoxy) is 2. The molecule has 0 aliphatic heterocycles. The van der Waals surface area contributed by atoms with E-state index in [1.54, 1.807) is 24.3 Å². The molecule has 0 aliphatic carbocycles. The lowest BCUT2D eigenvalue weighted by Gasteiger charge is -2.15. The fraction of sp³-hybridized carbons (Fsp3) is 0.154. The number of benzene rings is 3. The first-order valence-corrected chi connectivity index (χ1v) is 11.3. The van der Waals surface area contributed by atoms with Crippen LogP contribution in [0, 0.1) is 21.4 Å². The smallest absolute Gasteiger partial charge is 0.269 e. The molecule has 0 spiro atoms. The standard InChI is InChI=1S/C26H22BrN3O5/c1-17(19-6-4-3-5-7-19)29-26(31)21(15-28)12-20-13-24(34-2)25(14-23(20)27)35-16-18-8-10-22(11-9-18)30(32)33/h3-14,17H,16H2,1-2H3,(H,29,31)/b21-12-/t17-/m1/s1. The lowest BCUT2D eigenvalue weighted by Crippen LogP contribution is -2.27. The van der Waals surface area contributed by atoms with Crippen LogP contribution < -0.4 is 14.8 Å². The molecule has 0 saturated carbocycles. The average Bonchev–Trinajstić information content (AvgIpc) is 2.87. The van der Waals surface area contributed by atoms with Gasteiger partial charge in [0.1, 0.15) is 18.2 Å². The molecule has 1 amide bonds. The maximum atomic E-state index is 12.7. The van der Waals surface area contributed by atoms with E-state index in [0.29, 0.717) is 21.5 Å². The van der Waals surface area contributed by atoms with Gasteiger partial charge in [-0.1, -0.05) is 46.3 Å². The second-order valence-electron chi connectivity index (χ2n) is 7.51. The van der Waals surface area contributed by atoms with Crippen molar-refractivity contribution in [3.05, 3.63) is 104 Å². The number of nitro groups is 1. The number of hydrogen-bond donors (Lipinski definition) is 1. The van der Waals surface area contributed by atoms with Crippen molar-refractivity contribution >= 4 is 33.6 Å². The number of non-ortho nitro benzene ring substituents is 1. The fourth-order valence-electron chi connectivity index (χ4n) is 3.21. The number of nitrogens with zero attached hydrogens (tertiary/aromatic N) is 2. The van der Waals surface area contributed by atoms with Crippen LogP contribution in [-0.2, 0) is 11.4 Å². The molecule has 0 heterocycles. The summed E-state index contributed by atoms with van der Waals surface area (Å²) in [4.78, 5) is 23.0. The summed E-state index contributed by atoms with van der Waals surface area (Å²) in [7, 11) is 1.48. The van der Waals surface area contributed by atoms with E-state index >= 15 is 0 Å². The third-order valence-electron chi connectivity index (χ3n) is 5.14. The van der Waals surface area contributed by atoms with Crippen LogP contribution >= 0.6 is 15.9 Å². The number of nitriles is 1. The van der Waals surface area contributed by atoms with E-state index in [-0.39, 0.29) is 23.9 Å². The first kappa shape index (κ1) is 25.5. The zero-order valence-corrected chi connectivity index (χ0v) is 20.6. The van der Waals surface area contributed by atoms with Crippen molar-refractivity contribution in [3.8, 4) is 17.6 Å². The third-order valence-corrected chi connectivity index (χ3v) is 5.82. The van der Waals surface area contributed by atoms with E-state index in [1.165, 1.54) is 25.3 Å². The molecular formula is C26H22BrN3O5. The Hall–Kier alpha value is -4.16. The molecule has 0 radical (unpaired) electrons. The Kier molecular flexibility index (Phi) is 8.59. The number of rotatable bonds is 9. The van der Waals surface area contributed by atoms with Crippen molar-refractivity contribution in [1.29, 1.82) is 5.26 Å². The number of methoxy groups -OCH3 is 1. The molecule has 178 valence electrons. The van der Waals surface area contributed by atoms with Crippen molar-refractivity contribution in [2.45, 2.75) is 19.6 Å². The minimum Gasteiger partial charge on any atom is -0.493 e. The van der Waals surface area contributed by atoms with Gasteiger partial charge < -0.3 is 14.8 Å². The molecule has 0 aromatic heterocycles. The minimum absolute atomic E-state index is 0.000659. The van der Waals surface area contributed by atoms with Crippen LogP contribution in [-0.4, -0.2) is 17.9 Å². The van der Waals surface area contributed by atoms with Crippen molar-refractivity contribution in [1.82, 2.24) is 5.32 Å². The molecule has 3 aromatic carbocycles. The highest BCUT2D eigenvalue weighted by Crippen LogP contribution is 2.35. The molecule has 3 rings (SSSR count). The van der Waals surface area contributed by atoms with Gasteiger partial charge in [-0.05, 0) is 54.0 Å². The lowest BCUT2D eigenvalue weighted by molar-refractivity contribution is -0.384. The maximum Gasteiger partial charge on any atom is 0.269 e. The zero-order chi connectivity index (χ0) is 25.4. The van der Waals surface area contributed by atoms with Crippen LogP contribution in [0.2, 0.25) is 0 Å². The molecule has 8 nitrogen and oxygen atoms in total. The van der Waals surface area contributed by atoms with Crippen molar-refractivity contribution in [2.24, 2.45) is 0 Å². The SMILES string of the molecule is COc1cc(/C=C(/C#N)C(=O)N[C@H](C)c2ccccc2)c(Br)cc1OCc1ccc([N+](=O)[O-])cc1. The Morgan fingerprint density at radius 2 is 1.86 bits per heavy atom. The number of carbonyl (C=O) groups is 1. The second kappa shape index (κ2) is 11.8. The van der Waals surface area contributed by atoms with E-state index in [2.05, 4.69) is 21.2 Å². The van der Waals surface area contributed by atoms with Crippen LogP contribution in [0.1, 0.15) is 29.7 Å². The van der Waals surface area contributed by atoms with Crippen LogP contribution in [0.25, 0.3) is 6.08 Å². The lowest BCUT2D eigenvalue weighted by atomic mass is 10.1. The monoisotopic (exact) mass is 535 g/mol. The summed E-state index contributed by atoms with van der Waals surface area (Å²) in [6.45, 7) is 2.01. The van der Waals surface area contributed by atoms with Crippen LogP contribution in [0.5, 0.6) is 11.5 Å². The molecule has 3 aromatic rings. The summed E-state index contributed by atoms with van der Waals surface area (Å²) in [6, 6.07) is 20.5. The molecular weight excluding hydrogens is 514 g/mol. The van der Waals surface area contributed by atoms with Gasteiger partial charge in [-0.25, -0.2) is 0 Å². The average molecular weight is 536 g/mol. The van der Waals surface area contributed by atoms with Gasteiger partial charge in [0.25, 0.3) is 11.6 Å². The van der Waals surface area contributed by atoms with E-state index in [1.807, 2.05) is 43.3 Å². The van der Waals surface area contributed by atoms with Gasteiger partial charge in [0, 0.05) is 16.6 Å².